The summed E-state index contributed by atoms with van der Waals surface area (Å²) in [6, 6.07) is 5.62. The van der Waals surface area contributed by atoms with Crippen molar-refractivity contribution in [3.8, 4) is 0 Å². The number of alkyl halides is 3. The molecule has 1 aromatic carbocycles. The van der Waals surface area contributed by atoms with Crippen molar-refractivity contribution >= 4 is 11.9 Å². The van der Waals surface area contributed by atoms with E-state index >= 15 is 0 Å². The molecular formula is C21H29F3N4O. The smallest absolute Gasteiger partial charge is 0.370 e. The number of hydrogen-bond donors (Lipinski definition) is 2. The summed E-state index contributed by atoms with van der Waals surface area (Å²) in [4.78, 5) is 18.2. The zero-order chi connectivity index (χ0) is 21.1. The van der Waals surface area contributed by atoms with Crippen LogP contribution in [0.5, 0.6) is 0 Å². The molecule has 2 aliphatic rings. The number of carbonyl (C=O) groups excluding carboxylic acids is 1. The Kier molecular flexibility index (Phi) is 6.39. The van der Waals surface area contributed by atoms with Crippen LogP contribution in [0.1, 0.15) is 50.2 Å². The molecule has 0 aromatic heterocycles. The van der Waals surface area contributed by atoms with E-state index in [-0.39, 0.29) is 17.2 Å². The van der Waals surface area contributed by atoms with E-state index in [0.29, 0.717) is 31.6 Å². The second-order valence-electron chi connectivity index (χ2n) is 8.15. The quantitative estimate of drug-likeness (QED) is 0.559. The summed E-state index contributed by atoms with van der Waals surface area (Å²) >= 11 is 0. The van der Waals surface area contributed by atoms with Crippen molar-refractivity contribution in [3.63, 3.8) is 0 Å². The predicted molar refractivity (Wildman–Crippen MR) is 106 cm³/mol. The number of piperidine rings is 1. The van der Waals surface area contributed by atoms with Crippen LogP contribution in [0.3, 0.4) is 0 Å². The third-order valence-electron chi connectivity index (χ3n) is 5.83. The minimum absolute atomic E-state index is 0.212. The maximum absolute atomic E-state index is 13.1. The van der Waals surface area contributed by atoms with Gasteiger partial charge in [0.2, 0.25) is 5.91 Å². The number of aliphatic imine (C=N–C) groups is 1. The molecular weight excluding hydrogens is 381 g/mol. The molecule has 1 aliphatic heterocycles. The number of carbonyl (C=O) groups is 1. The van der Waals surface area contributed by atoms with Gasteiger partial charge in [0.05, 0.1) is 12.1 Å². The Morgan fingerprint density at radius 3 is 2.76 bits per heavy atom. The van der Waals surface area contributed by atoms with Crippen molar-refractivity contribution in [2.24, 2.45) is 16.6 Å². The second kappa shape index (κ2) is 8.63. The highest BCUT2D eigenvalue weighted by atomic mass is 19.4. The van der Waals surface area contributed by atoms with Crippen molar-refractivity contribution < 1.29 is 18.0 Å². The number of benzene rings is 1. The number of rotatable bonds is 6. The number of likely N-dealkylation sites (tertiary alicyclic amines) is 1. The van der Waals surface area contributed by atoms with Gasteiger partial charge in [-0.1, -0.05) is 18.2 Å². The van der Waals surface area contributed by atoms with Gasteiger partial charge in [-0.2, -0.15) is 13.2 Å². The lowest BCUT2D eigenvalue weighted by Gasteiger charge is -2.35. The number of nitrogens with two attached hydrogens (primary N) is 1. The highest BCUT2D eigenvalue weighted by molar-refractivity contribution is 5.80. The van der Waals surface area contributed by atoms with Crippen molar-refractivity contribution in [3.05, 3.63) is 35.4 Å². The fourth-order valence-electron chi connectivity index (χ4n) is 4.07. The van der Waals surface area contributed by atoms with E-state index in [1.54, 1.807) is 6.07 Å². The minimum Gasteiger partial charge on any atom is -0.370 e. The van der Waals surface area contributed by atoms with E-state index in [0.717, 1.165) is 44.3 Å². The van der Waals surface area contributed by atoms with Gasteiger partial charge in [-0.3, -0.25) is 9.79 Å². The molecule has 0 bridgehead atoms. The molecule has 1 unspecified atom stereocenters. The number of primary amides is 1. The lowest BCUT2D eigenvalue weighted by atomic mass is 9.94. The van der Waals surface area contributed by atoms with Gasteiger partial charge in [0, 0.05) is 31.5 Å². The van der Waals surface area contributed by atoms with Crippen molar-refractivity contribution in [1.82, 2.24) is 10.2 Å². The lowest BCUT2D eigenvalue weighted by Crippen LogP contribution is -2.47. The molecule has 1 saturated heterocycles. The first kappa shape index (κ1) is 21.5. The van der Waals surface area contributed by atoms with Gasteiger partial charge in [-0.15, -0.1) is 0 Å². The Balaban J connectivity index is 1.74. The summed E-state index contributed by atoms with van der Waals surface area (Å²) in [6.07, 6.45) is -0.380. The normalized spacial score (nSPS) is 21.7. The van der Waals surface area contributed by atoms with E-state index in [1.165, 1.54) is 12.1 Å². The van der Waals surface area contributed by atoms with Crippen LogP contribution < -0.4 is 11.1 Å². The molecule has 29 heavy (non-hydrogen) atoms. The SMILES string of the molecule is CCNC(=NCC1(c2cccc(C(F)(F)F)c2)CC1)N1CCCC(CC(N)=O)C1. The summed E-state index contributed by atoms with van der Waals surface area (Å²) in [5.74, 6) is 0.684. The molecule has 5 nitrogen and oxygen atoms in total. The van der Waals surface area contributed by atoms with Crippen LogP contribution in [0.25, 0.3) is 0 Å². The monoisotopic (exact) mass is 410 g/mol. The molecule has 1 amide bonds. The Morgan fingerprint density at radius 2 is 2.14 bits per heavy atom. The van der Waals surface area contributed by atoms with Crippen LogP contribution in [-0.2, 0) is 16.4 Å². The zero-order valence-electron chi connectivity index (χ0n) is 16.8. The molecule has 0 radical (unpaired) electrons. The Labute approximate surface area is 169 Å². The topological polar surface area (TPSA) is 70.7 Å². The highest BCUT2D eigenvalue weighted by Crippen LogP contribution is 2.49. The summed E-state index contributed by atoms with van der Waals surface area (Å²) < 4.78 is 39.3. The van der Waals surface area contributed by atoms with E-state index in [2.05, 4.69) is 10.2 Å². The molecule has 3 rings (SSSR count). The van der Waals surface area contributed by atoms with Gasteiger partial charge in [0.1, 0.15) is 0 Å². The number of nitrogens with zero attached hydrogens (tertiary/aromatic N) is 2. The largest absolute Gasteiger partial charge is 0.416 e. The molecule has 160 valence electrons. The summed E-state index contributed by atoms with van der Waals surface area (Å²) in [5.41, 5.74) is 5.13. The number of halogens is 3. The van der Waals surface area contributed by atoms with E-state index < -0.39 is 11.7 Å². The number of nitrogens with one attached hydrogen (secondary N) is 1. The fourth-order valence-corrected chi connectivity index (χ4v) is 4.07. The molecule has 1 aliphatic carbocycles. The van der Waals surface area contributed by atoms with Crippen LogP contribution in [0.2, 0.25) is 0 Å². The first-order chi connectivity index (χ1) is 13.7. The van der Waals surface area contributed by atoms with Crippen LogP contribution >= 0.6 is 0 Å². The number of amides is 1. The van der Waals surface area contributed by atoms with Crippen LogP contribution in [0, 0.1) is 5.92 Å². The van der Waals surface area contributed by atoms with Gasteiger partial charge in [-0.05, 0) is 50.2 Å². The summed E-state index contributed by atoms with van der Waals surface area (Å²) in [5, 5.41) is 3.29. The van der Waals surface area contributed by atoms with Gasteiger partial charge >= 0.3 is 6.18 Å². The van der Waals surface area contributed by atoms with E-state index in [9.17, 15) is 18.0 Å². The van der Waals surface area contributed by atoms with Gasteiger partial charge in [0.25, 0.3) is 0 Å². The van der Waals surface area contributed by atoms with Crippen LogP contribution in [-0.4, -0.2) is 42.9 Å². The zero-order valence-corrected chi connectivity index (χ0v) is 16.8. The Morgan fingerprint density at radius 1 is 1.38 bits per heavy atom. The Hall–Kier alpha value is -2.25. The molecule has 0 spiro atoms. The molecule has 1 heterocycles. The van der Waals surface area contributed by atoms with Crippen LogP contribution in [0.15, 0.2) is 29.3 Å². The average molecular weight is 410 g/mol. The molecule has 2 fully saturated rings. The second-order valence-corrected chi connectivity index (χ2v) is 8.15. The molecule has 1 saturated carbocycles. The van der Waals surface area contributed by atoms with E-state index in [4.69, 9.17) is 10.7 Å². The van der Waals surface area contributed by atoms with Gasteiger partial charge in [0.15, 0.2) is 5.96 Å². The fraction of sp³-hybridized carbons (Fsp3) is 0.619. The molecule has 3 N–H and O–H groups in total. The average Bonchev–Trinajstić information content (AvgIpc) is 3.45. The third-order valence-corrected chi connectivity index (χ3v) is 5.83. The van der Waals surface area contributed by atoms with Gasteiger partial charge in [-0.25, -0.2) is 0 Å². The lowest BCUT2D eigenvalue weighted by molar-refractivity contribution is -0.137. The number of guanidine groups is 1. The third kappa shape index (κ3) is 5.42. The highest BCUT2D eigenvalue weighted by Gasteiger charge is 2.45. The first-order valence-electron chi connectivity index (χ1n) is 10.2. The molecule has 1 aromatic rings. The van der Waals surface area contributed by atoms with Crippen molar-refractivity contribution in [1.29, 1.82) is 0 Å². The summed E-state index contributed by atoms with van der Waals surface area (Å²) in [7, 11) is 0. The Bertz CT molecular complexity index is 759. The maximum atomic E-state index is 13.1. The standard InChI is InChI=1S/C21H29F3N4O/c1-2-26-19(28-10-4-5-15(13-28)11-18(25)29)27-14-20(8-9-20)16-6-3-7-17(12-16)21(22,23)24/h3,6-7,12,15H,2,4-5,8-11,13-14H2,1H3,(H2,25,29)(H,26,27). The van der Waals surface area contributed by atoms with Crippen molar-refractivity contribution in [2.75, 3.05) is 26.2 Å². The first-order valence-corrected chi connectivity index (χ1v) is 10.2. The van der Waals surface area contributed by atoms with Crippen LogP contribution in [0.4, 0.5) is 13.2 Å². The maximum Gasteiger partial charge on any atom is 0.416 e. The minimum atomic E-state index is -4.34. The molecule has 1 atom stereocenters. The van der Waals surface area contributed by atoms with Gasteiger partial charge < -0.3 is 16.0 Å². The predicted octanol–water partition coefficient (Wildman–Crippen LogP) is 3.29. The number of hydrogen-bond acceptors (Lipinski definition) is 2. The van der Waals surface area contributed by atoms with Crippen molar-refractivity contribution in [2.45, 2.75) is 50.6 Å². The van der Waals surface area contributed by atoms with E-state index in [1.807, 2.05) is 6.92 Å². The molecule has 8 heteroatoms. The summed E-state index contributed by atoms with van der Waals surface area (Å²) in [6.45, 7) is 4.70.